The minimum absolute atomic E-state index is 0.477. The van der Waals surface area contributed by atoms with Crippen LogP contribution in [0.1, 0.15) is 32.1 Å². The van der Waals surface area contributed by atoms with Gasteiger partial charge in [0, 0.05) is 55.6 Å². The predicted octanol–water partition coefficient (Wildman–Crippen LogP) is 3.01. The monoisotopic (exact) mass is 385 g/mol. The molecule has 1 spiro atoms. The predicted molar refractivity (Wildman–Crippen MR) is 113 cm³/mol. The van der Waals surface area contributed by atoms with Gasteiger partial charge >= 0.3 is 0 Å². The van der Waals surface area contributed by atoms with Gasteiger partial charge in [-0.25, -0.2) is 9.97 Å². The van der Waals surface area contributed by atoms with Crippen LogP contribution in [0.15, 0.2) is 12.4 Å². The van der Waals surface area contributed by atoms with Gasteiger partial charge in [-0.15, -0.1) is 11.3 Å². The van der Waals surface area contributed by atoms with Crippen molar-refractivity contribution in [3.05, 3.63) is 17.3 Å². The standard InChI is InChI=1S/C21H31N5S/c1-4-16-7-17-19(23-13-24-20(17)27-16)25-6-5-21(10-25)11-26(12-21)18(14(2)3)15-8-22-9-15/h7,13-15,18,22H,4-6,8-12H2,1-3H3/t18-/m0/s1. The first-order chi connectivity index (χ1) is 13.1. The second-order valence-electron chi connectivity index (χ2n) is 9.21. The minimum atomic E-state index is 0.477. The maximum Gasteiger partial charge on any atom is 0.140 e. The van der Waals surface area contributed by atoms with Crippen LogP contribution in [-0.2, 0) is 6.42 Å². The molecule has 5 rings (SSSR count). The van der Waals surface area contributed by atoms with Gasteiger partial charge in [0.25, 0.3) is 0 Å². The van der Waals surface area contributed by atoms with E-state index in [9.17, 15) is 0 Å². The number of thiophene rings is 1. The molecule has 0 bridgehead atoms. The fourth-order valence-electron chi connectivity index (χ4n) is 5.54. The Kier molecular flexibility index (Phi) is 4.41. The summed E-state index contributed by atoms with van der Waals surface area (Å²) in [5.41, 5.74) is 0.477. The Hall–Kier alpha value is -1.24. The van der Waals surface area contributed by atoms with Crippen molar-refractivity contribution >= 4 is 27.4 Å². The van der Waals surface area contributed by atoms with Crippen LogP contribution in [0.3, 0.4) is 0 Å². The molecule has 27 heavy (non-hydrogen) atoms. The SMILES string of the molecule is CCc1cc2c(N3CCC4(C3)CN([C@@H](C(C)C)C3CNC3)C4)ncnc2s1. The molecule has 3 aliphatic rings. The Balaban J connectivity index is 1.31. The van der Waals surface area contributed by atoms with Gasteiger partial charge in [-0.2, -0.15) is 0 Å². The number of nitrogens with one attached hydrogen (secondary N) is 1. The third-order valence-corrected chi connectivity index (χ3v) is 8.11. The van der Waals surface area contributed by atoms with E-state index in [2.05, 4.69) is 46.9 Å². The summed E-state index contributed by atoms with van der Waals surface area (Å²) in [6.45, 7) is 14.2. The number of aromatic nitrogens is 2. The number of nitrogens with zero attached hydrogens (tertiary/aromatic N) is 4. The summed E-state index contributed by atoms with van der Waals surface area (Å²) >= 11 is 1.82. The van der Waals surface area contributed by atoms with E-state index in [0.717, 1.165) is 48.0 Å². The molecule has 1 atom stereocenters. The molecule has 3 saturated heterocycles. The summed E-state index contributed by atoms with van der Waals surface area (Å²) in [5, 5.41) is 4.72. The summed E-state index contributed by atoms with van der Waals surface area (Å²) < 4.78 is 0. The zero-order valence-corrected chi connectivity index (χ0v) is 17.6. The molecule has 0 aliphatic carbocycles. The lowest BCUT2D eigenvalue weighted by molar-refractivity contribution is -0.0589. The van der Waals surface area contributed by atoms with E-state index in [0.29, 0.717) is 5.41 Å². The van der Waals surface area contributed by atoms with Gasteiger partial charge in [0.2, 0.25) is 0 Å². The van der Waals surface area contributed by atoms with Gasteiger partial charge in [0.15, 0.2) is 0 Å². The maximum atomic E-state index is 4.69. The third-order valence-electron chi connectivity index (χ3n) is 6.92. The zero-order chi connectivity index (χ0) is 18.6. The number of rotatable bonds is 5. The van der Waals surface area contributed by atoms with Crippen molar-refractivity contribution in [2.24, 2.45) is 17.3 Å². The van der Waals surface area contributed by atoms with Gasteiger partial charge < -0.3 is 10.2 Å². The van der Waals surface area contributed by atoms with E-state index in [4.69, 9.17) is 4.98 Å². The fraction of sp³-hybridized carbons (Fsp3) is 0.714. The van der Waals surface area contributed by atoms with Gasteiger partial charge in [-0.3, -0.25) is 4.90 Å². The number of aryl methyl sites for hydroxylation is 1. The van der Waals surface area contributed by atoms with Crippen molar-refractivity contribution in [3.63, 3.8) is 0 Å². The summed E-state index contributed by atoms with van der Waals surface area (Å²) in [6.07, 6.45) is 4.13. The second-order valence-corrected chi connectivity index (χ2v) is 10.3. The third kappa shape index (κ3) is 2.97. The zero-order valence-electron chi connectivity index (χ0n) is 16.7. The molecule has 0 unspecified atom stereocenters. The first-order valence-electron chi connectivity index (χ1n) is 10.5. The molecule has 3 aliphatic heterocycles. The normalized spacial score (nSPS) is 23.9. The Morgan fingerprint density at radius 1 is 1.26 bits per heavy atom. The highest BCUT2D eigenvalue weighted by molar-refractivity contribution is 7.18. The van der Waals surface area contributed by atoms with E-state index < -0.39 is 0 Å². The van der Waals surface area contributed by atoms with Gasteiger partial charge in [-0.1, -0.05) is 20.8 Å². The van der Waals surface area contributed by atoms with Crippen LogP contribution in [-0.4, -0.2) is 60.2 Å². The Labute approximate surface area is 166 Å². The molecule has 6 heteroatoms. The van der Waals surface area contributed by atoms with Crippen LogP contribution in [0.5, 0.6) is 0 Å². The number of hydrogen-bond donors (Lipinski definition) is 1. The number of fused-ring (bicyclic) bond motifs is 1. The average Bonchev–Trinajstić information content (AvgIpc) is 3.20. The van der Waals surface area contributed by atoms with E-state index in [1.807, 2.05) is 11.3 Å². The first kappa shape index (κ1) is 17.8. The summed E-state index contributed by atoms with van der Waals surface area (Å²) in [4.78, 5) is 17.1. The minimum Gasteiger partial charge on any atom is -0.355 e. The quantitative estimate of drug-likeness (QED) is 0.857. The van der Waals surface area contributed by atoms with Crippen LogP contribution >= 0.6 is 11.3 Å². The van der Waals surface area contributed by atoms with Crippen LogP contribution in [0.2, 0.25) is 0 Å². The smallest absolute Gasteiger partial charge is 0.140 e. The summed E-state index contributed by atoms with van der Waals surface area (Å²) in [7, 11) is 0. The van der Waals surface area contributed by atoms with E-state index in [1.165, 1.54) is 42.9 Å². The highest BCUT2D eigenvalue weighted by Crippen LogP contribution is 2.45. The number of hydrogen-bond acceptors (Lipinski definition) is 6. The fourth-order valence-corrected chi connectivity index (χ4v) is 6.47. The van der Waals surface area contributed by atoms with Crippen LogP contribution in [0.25, 0.3) is 10.2 Å². The molecule has 0 aromatic carbocycles. The highest BCUT2D eigenvalue weighted by Gasteiger charge is 2.51. The van der Waals surface area contributed by atoms with Crippen molar-refractivity contribution in [1.82, 2.24) is 20.2 Å². The van der Waals surface area contributed by atoms with Crippen molar-refractivity contribution in [2.45, 2.75) is 39.7 Å². The van der Waals surface area contributed by atoms with Gasteiger partial charge in [0.1, 0.15) is 17.0 Å². The molecule has 146 valence electrons. The Morgan fingerprint density at radius 3 is 2.74 bits per heavy atom. The van der Waals surface area contributed by atoms with E-state index >= 15 is 0 Å². The Bertz CT molecular complexity index is 821. The molecular weight excluding hydrogens is 354 g/mol. The van der Waals surface area contributed by atoms with Crippen molar-refractivity contribution in [1.29, 1.82) is 0 Å². The maximum absolute atomic E-state index is 4.69. The molecule has 5 nitrogen and oxygen atoms in total. The second kappa shape index (κ2) is 6.68. The summed E-state index contributed by atoms with van der Waals surface area (Å²) in [6, 6.07) is 3.06. The van der Waals surface area contributed by atoms with Crippen molar-refractivity contribution in [3.8, 4) is 0 Å². The lowest BCUT2D eigenvalue weighted by atomic mass is 9.74. The van der Waals surface area contributed by atoms with E-state index in [-0.39, 0.29) is 0 Å². The van der Waals surface area contributed by atoms with Gasteiger partial charge in [0.05, 0.1) is 5.39 Å². The summed E-state index contributed by atoms with van der Waals surface area (Å²) in [5.74, 6) is 2.75. The molecule has 1 N–H and O–H groups in total. The first-order valence-corrected chi connectivity index (χ1v) is 11.3. The number of likely N-dealkylation sites (tertiary alicyclic amines) is 1. The van der Waals surface area contributed by atoms with Crippen LogP contribution in [0.4, 0.5) is 5.82 Å². The molecule has 0 amide bonds. The average molecular weight is 386 g/mol. The van der Waals surface area contributed by atoms with Gasteiger partial charge in [-0.05, 0) is 30.7 Å². The molecule has 3 fully saturated rings. The topological polar surface area (TPSA) is 44.3 Å². The molecule has 5 heterocycles. The molecular formula is C21H31N5S. The highest BCUT2D eigenvalue weighted by atomic mass is 32.1. The lowest BCUT2D eigenvalue weighted by Gasteiger charge is -2.56. The molecule has 2 aromatic heterocycles. The largest absolute Gasteiger partial charge is 0.355 e. The lowest BCUT2D eigenvalue weighted by Crippen LogP contribution is -2.66. The molecule has 0 radical (unpaired) electrons. The van der Waals surface area contributed by atoms with Crippen LogP contribution in [0, 0.1) is 17.3 Å². The van der Waals surface area contributed by atoms with Crippen molar-refractivity contribution in [2.75, 3.05) is 44.2 Å². The van der Waals surface area contributed by atoms with E-state index in [1.54, 1.807) is 6.33 Å². The Morgan fingerprint density at radius 2 is 2.07 bits per heavy atom. The number of anilines is 1. The van der Waals surface area contributed by atoms with Crippen LogP contribution < -0.4 is 10.2 Å². The van der Waals surface area contributed by atoms with Crippen molar-refractivity contribution < 1.29 is 0 Å². The molecule has 0 saturated carbocycles. The molecule has 2 aromatic rings.